The van der Waals surface area contributed by atoms with Crippen LogP contribution >= 0.6 is 0 Å². The molecule has 0 amide bonds. The van der Waals surface area contributed by atoms with Crippen molar-refractivity contribution >= 4 is 0 Å². The second kappa shape index (κ2) is 12.2. The van der Waals surface area contributed by atoms with E-state index in [4.69, 9.17) is 0 Å². The summed E-state index contributed by atoms with van der Waals surface area (Å²) in [5.74, 6) is -2.56. The van der Waals surface area contributed by atoms with Crippen LogP contribution in [0.4, 0.5) is 8.78 Å². The fourth-order valence-corrected chi connectivity index (χ4v) is 3.35. The fraction of sp³-hybridized carbons (Fsp3) is 1.00. The van der Waals surface area contributed by atoms with Gasteiger partial charge in [-0.15, -0.1) is 0 Å². The maximum absolute atomic E-state index is 12.3. The Hall–Kier alpha value is -0.260. The molecule has 5 heteroatoms. The van der Waals surface area contributed by atoms with E-state index in [2.05, 4.69) is 38.3 Å². The molecule has 0 radical (unpaired) electrons. The number of alkyl halides is 2. The van der Waals surface area contributed by atoms with Crippen molar-refractivity contribution in [3.63, 3.8) is 0 Å². The quantitative estimate of drug-likeness (QED) is 0.670. The second-order valence-corrected chi connectivity index (χ2v) is 6.45. The number of halogens is 2. The predicted octanol–water partition coefficient (Wildman–Crippen LogP) is 3.26. The van der Waals surface area contributed by atoms with E-state index in [1.54, 1.807) is 0 Å². The summed E-state index contributed by atoms with van der Waals surface area (Å²) in [7, 11) is 0. The highest BCUT2D eigenvalue weighted by atomic mass is 19.3. The Morgan fingerprint density at radius 1 is 0.727 bits per heavy atom. The Labute approximate surface area is 136 Å². The van der Waals surface area contributed by atoms with Crippen LogP contribution in [0.25, 0.3) is 0 Å². The Bertz CT molecular complexity index is 221. The smallest absolute Gasteiger partial charge is 0.272 e. The normalized spacial score (nSPS) is 18.3. The van der Waals surface area contributed by atoms with Crippen LogP contribution in [0.3, 0.4) is 0 Å². The Morgan fingerprint density at radius 3 is 1.32 bits per heavy atom. The van der Waals surface area contributed by atoms with Gasteiger partial charge in [0.05, 0.1) is 39.3 Å². The van der Waals surface area contributed by atoms with E-state index < -0.39 is 5.92 Å². The summed E-state index contributed by atoms with van der Waals surface area (Å²) in [6.45, 7) is 15.7. The van der Waals surface area contributed by atoms with Crippen molar-refractivity contribution in [2.75, 3.05) is 52.4 Å². The van der Waals surface area contributed by atoms with Gasteiger partial charge in [0.2, 0.25) is 0 Å². The lowest BCUT2D eigenvalue weighted by Gasteiger charge is -2.38. The molecule has 0 aliphatic carbocycles. The molecule has 1 heterocycles. The topological polar surface area (TPSA) is 24.1 Å². The van der Waals surface area contributed by atoms with Gasteiger partial charge in [0.15, 0.2) is 0 Å². The molecular formula is C17H38F2N3+. The van der Waals surface area contributed by atoms with Crippen LogP contribution in [0, 0.1) is 0 Å². The first kappa shape index (κ1) is 21.7. The SMILES string of the molecule is CCC[N+](CCC)(CCC)CCC.FC1(F)CNCCNC1. The van der Waals surface area contributed by atoms with Crippen molar-refractivity contribution < 1.29 is 13.3 Å². The van der Waals surface area contributed by atoms with Gasteiger partial charge in [-0.05, 0) is 25.7 Å². The van der Waals surface area contributed by atoms with Crippen LogP contribution in [0.1, 0.15) is 53.4 Å². The number of rotatable bonds is 8. The molecule has 3 nitrogen and oxygen atoms in total. The van der Waals surface area contributed by atoms with E-state index in [0.717, 1.165) is 0 Å². The first-order valence-corrected chi connectivity index (χ1v) is 9.09. The number of hydrogen-bond donors (Lipinski definition) is 2. The minimum Gasteiger partial charge on any atom is -0.324 e. The molecule has 134 valence electrons. The molecule has 0 atom stereocenters. The number of nitrogens with zero attached hydrogens (tertiary/aromatic N) is 1. The lowest BCUT2D eigenvalue weighted by atomic mass is 10.2. The van der Waals surface area contributed by atoms with Crippen molar-refractivity contribution in [2.45, 2.75) is 59.3 Å². The number of nitrogens with one attached hydrogen (secondary N) is 2. The van der Waals surface area contributed by atoms with Crippen molar-refractivity contribution in [3.05, 3.63) is 0 Å². The summed E-state index contributed by atoms with van der Waals surface area (Å²) in [5.41, 5.74) is 0. The molecule has 0 aromatic heterocycles. The van der Waals surface area contributed by atoms with Crippen LogP contribution in [0.15, 0.2) is 0 Å². The summed E-state index contributed by atoms with van der Waals surface area (Å²) in [6.07, 6.45) is 5.33. The third kappa shape index (κ3) is 9.70. The lowest BCUT2D eigenvalue weighted by molar-refractivity contribution is -0.928. The first-order valence-electron chi connectivity index (χ1n) is 9.09. The molecule has 1 saturated heterocycles. The van der Waals surface area contributed by atoms with Gasteiger partial charge >= 0.3 is 0 Å². The summed E-state index contributed by atoms with van der Waals surface area (Å²) >= 11 is 0. The lowest BCUT2D eigenvalue weighted by Crippen LogP contribution is -2.50. The average molecular weight is 323 g/mol. The summed E-state index contributed by atoms with van der Waals surface area (Å²) in [5, 5.41) is 5.25. The molecule has 22 heavy (non-hydrogen) atoms. The molecule has 0 aromatic carbocycles. The number of hydrogen-bond acceptors (Lipinski definition) is 2. The number of quaternary nitrogens is 1. The van der Waals surface area contributed by atoms with E-state index in [1.807, 2.05) is 0 Å². The Balaban J connectivity index is 0.000000425. The zero-order valence-electron chi connectivity index (χ0n) is 15.2. The molecular weight excluding hydrogens is 284 g/mol. The predicted molar refractivity (Wildman–Crippen MR) is 91.6 cm³/mol. The van der Waals surface area contributed by atoms with Gasteiger partial charge < -0.3 is 15.1 Å². The summed E-state index contributed by atoms with van der Waals surface area (Å²) in [4.78, 5) is 0. The maximum Gasteiger partial charge on any atom is 0.272 e. The van der Waals surface area contributed by atoms with Crippen molar-refractivity contribution in [2.24, 2.45) is 0 Å². The molecule has 0 spiro atoms. The second-order valence-electron chi connectivity index (χ2n) is 6.45. The molecule has 0 unspecified atom stereocenters. The highest BCUT2D eigenvalue weighted by Gasteiger charge is 2.28. The van der Waals surface area contributed by atoms with Gasteiger partial charge in [0.25, 0.3) is 5.92 Å². The molecule has 1 rings (SSSR count). The van der Waals surface area contributed by atoms with Gasteiger partial charge in [-0.1, -0.05) is 27.7 Å². The molecule has 0 saturated carbocycles. The van der Waals surface area contributed by atoms with Crippen LogP contribution in [-0.4, -0.2) is 62.8 Å². The molecule has 0 bridgehead atoms. The minimum absolute atomic E-state index is 0.194. The zero-order valence-corrected chi connectivity index (χ0v) is 15.2. The monoisotopic (exact) mass is 322 g/mol. The van der Waals surface area contributed by atoms with Crippen LogP contribution in [0.2, 0.25) is 0 Å². The van der Waals surface area contributed by atoms with E-state index in [1.165, 1.54) is 56.3 Å². The van der Waals surface area contributed by atoms with E-state index in [-0.39, 0.29) is 13.1 Å². The van der Waals surface area contributed by atoms with Gasteiger partial charge in [0.1, 0.15) is 0 Å². The minimum atomic E-state index is -2.56. The zero-order chi connectivity index (χ0) is 16.9. The molecule has 1 aliphatic heterocycles. The molecule has 0 aromatic rings. The standard InChI is InChI=1S/C12H28N.C5H10F2N2/c1-5-9-13(10-6-2,11-7-3)12-8-4;6-5(7)3-8-1-2-9-4-5/h5-12H2,1-4H3;8-9H,1-4H2/q+1;. The van der Waals surface area contributed by atoms with Crippen molar-refractivity contribution in [1.29, 1.82) is 0 Å². The summed E-state index contributed by atoms with van der Waals surface area (Å²) < 4.78 is 26.1. The third-order valence-corrected chi connectivity index (χ3v) is 4.04. The Kier molecular flexibility index (Phi) is 12.1. The van der Waals surface area contributed by atoms with Crippen LogP contribution < -0.4 is 10.6 Å². The van der Waals surface area contributed by atoms with Gasteiger partial charge in [-0.3, -0.25) is 0 Å². The van der Waals surface area contributed by atoms with E-state index in [0.29, 0.717) is 13.1 Å². The van der Waals surface area contributed by atoms with Crippen LogP contribution in [0.5, 0.6) is 0 Å². The maximum atomic E-state index is 12.3. The van der Waals surface area contributed by atoms with Crippen LogP contribution in [-0.2, 0) is 0 Å². The third-order valence-electron chi connectivity index (χ3n) is 4.04. The molecule has 2 N–H and O–H groups in total. The molecule has 1 aliphatic rings. The van der Waals surface area contributed by atoms with E-state index >= 15 is 0 Å². The fourth-order valence-electron chi connectivity index (χ4n) is 3.35. The van der Waals surface area contributed by atoms with Gasteiger partial charge in [-0.25, -0.2) is 8.78 Å². The molecule has 1 fully saturated rings. The van der Waals surface area contributed by atoms with E-state index in [9.17, 15) is 8.78 Å². The van der Waals surface area contributed by atoms with Crippen molar-refractivity contribution in [3.8, 4) is 0 Å². The highest BCUT2D eigenvalue weighted by Crippen LogP contribution is 2.12. The average Bonchev–Trinajstić information content (AvgIpc) is 2.64. The largest absolute Gasteiger partial charge is 0.324 e. The van der Waals surface area contributed by atoms with Crippen molar-refractivity contribution in [1.82, 2.24) is 10.6 Å². The first-order chi connectivity index (χ1) is 10.4. The van der Waals surface area contributed by atoms with Gasteiger partial charge in [0, 0.05) is 13.1 Å². The summed E-state index contributed by atoms with van der Waals surface area (Å²) in [6, 6.07) is 0. The van der Waals surface area contributed by atoms with Gasteiger partial charge in [-0.2, -0.15) is 0 Å². The Morgan fingerprint density at radius 2 is 1.05 bits per heavy atom. The highest BCUT2D eigenvalue weighted by molar-refractivity contribution is 4.75.